The summed E-state index contributed by atoms with van der Waals surface area (Å²) >= 11 is 0. The van der Waals surface area contributed by atoms with Crippen LogP contribution in [-0.4, -0.2) is 20.4 Å². The molecule has 1 N–H and O–H groups in total. The van der Waals surface area contributed by atoms with Gasteiger partial charge < -0.3 is 5.32 Å². The first kappa shape index (κ1) is 19.7. The van der Waals surface area contributed by atoms with E-state index in [0.29, 0.717) is 28.9 Å². The first-order valence-corrected chi connectivity index (χ1v) is 10.9. The number of nitrogens with zero attached hydrogens (tertiary/aromatic N) is 2. The van der Waals surface area contributed by atoms with Gasteiger partial charge in [0, 0.05) is 17.3 Å². The molecule has 3 aromatic carbocycles. The molecule has 0 saturated heterocycles. The molecule has 0 bridgehead atoms. The van der Waals surface area contributed by atoms with Crippen LogP contribution >= 0.6 is 0 Å². The van der Waals surface area contributed by atoms with Gasteiger partial charge in [-0.15, -0.1) is 0 Å². The maximum absolute atomic E-state index is 13.1. The lowest BCUT2D eigenvalue weighted by molar-refractivity contribution is 0.102. The molecule has 30 heavy (non-hydrogen) atoms. The van der Waals surface area contributed by atoms with Crippen LogP contribution in [0.2, 0.25) is 0 Å². The summed E-state index contributed by atoms with van der Waals surface area (Å²) in [6.45, 7) is 1.85. The van der Waals surface area contributed by atoms with Gasteiger partial charge >= 0.3 is 0 Å². The highest BCUT2D eigenvalue weighted by Crippen LogP contribution is 2.37. The van der Waals surface area contributed by atoms with Crippen molar-refractivity contribution in [2.24, 2.45) is 0 Å². The highest BCUT2D eigenvalue weighted by molar-refractivity contribution is 7.92. The molecule has 1 amide bonds. The second-order valence-electron chi connectivity index (χ2n) is 7.16. The maximum Gasteiger partial charge on any atom is 0.264 e. The van der Waals surface area contributed by atoms with Crippen molar-refractivity contribution in [1.29, 1.82) is 5.26 Å². The highest BCUT2D eigenvalue weighted by Gasteiger charge is 2.36. The number of benzene rings is 3. The van der Waals surface area contributed by atoms with Crippen LogP contribution in [0.5, 0.6) is 0 Å². The number of amides is 1. The zero-order valence-corrected chi connectivity index (χ0v) is 17.1. The molecule has 150 valence electrons. The minimum absolute atomic E-state index is 0.240. The lowest BCUT2D eigenvalue weighted by Gasteiger charge is -2.24. The van der Waals surface area contributed by atoms with E-state index >= 15 is 0 Å². The molecule has 1 aliphatic heterocycles. The molecule has 0 saturated carbocycles. The number of carbonyl (C=O) groups is 1. The monoisotopic (exact) mass is 417 g/mol. The zero-order valence-electron chi connectivity index (χ0n) is 16.2. The van der Waals surface area contributed by atoms with Crippen molar-refractivity contribution >= 4 is 27.3 Å². The van der Waals surface area contributed by atoms with Crippen LogP contribution < -0.4 is 9.62 Å². The zero-order chi connectivity index (χ0) is 21.3. The Kier molecular flexibility index (Phi) is 5.02. The summed E-state index contributed by atoms with van der Waals surface area (Å²) in [6, 6.07) is 21.8. The number of hydrogen-bond donors (Lipinski definition) is 1. The SMILES string of the molecule is CC1Cc2cc(C(=O)Nc3cccc(C#N)c3)ccc2N1S(=O)(=O)c1ccccc1. The van der Waals surface area contributed by atoms with Gasteiger partial charge in [-0.05, 0) is 67.4 Å². The van der Waals surface area contributed by atoms with E-state index in [1.807, 2.05) is 13.0 Å². The van der Waals surface area contributed by atoms with Crippen molar-refractivity contribution in [3.8, 4) is 6.07 Å². The summed E-state index contributed by atoms with van der Waals surface area (Å²) in [4.78, 5) is 12.9. The summed E-state index contributed by atoms with van der Waals surface area (Å²) in [6.07, 6.45) is 0.520. The second kappa shape index (κ2) is 7.65. The molecule has 0 fully saturated rings. The number of nitrogens with one attached hydrogen (secondary N) is 1. The van der Waals surface area contributed by atoms with Gasteiger partial charge in [-0.3, -0.25) is 9.10 Å². The van der Waals surface area contributed by atoms with Gasteiger partial charge in [0.25, 0.3) is 15.9 Å². The van der Waals surface area contributed by atoms with Crippen LogP contribution in [0.15, 0.2) is 77.7 Å². The Morgan fingerprint density at radius 3 is 2.57 bits per heavy atom. The Balaban J connectivity index is 1.63. The average molecular weight is 417 g/mol. The van der Waals surface area contributed by atoms with Crippen LogP contribution in [-0.2, 0) is 16.4 Å². The van der Waals surface area contributed by atoms with Crippen LogP contribution in [0.3, 0.4) is 0 Å². The van der Waals surface area contributed by atoms with Gasteiger partial charge in [-0.1, -0.05) is 24.3 Å². The van der Waals surface area contributed by atoms with Crippen LogP contribution in [0, 0.1) is 11.3 Å². The van der Waals surface area contributed by atoms with Crippen molar-refractivity contribution in [2.75, 3.05) is 9.62 Å². The van der Waals surface area contributed by atoms with E-state index in [1.165, 1.54) is 4.31 Å². The van der Waals surface area contributed by atoms with Gasteiger partial charge in [-0.2, -0.15) is 5.26 Å². The van der Waals surface area contributed by atoms with Gasteiger partial charge in [0.1, 0.15) is 0 Å². The fraction of sp³-hybridized carbons (Fsp3) is 0.130. The van der Waals surface area contributed by atoms with E-state index < -0.39 is 10.0 Å². The van der Waals surface area contributed by atoms with Crippen molar-refractivity contribution in [3.05, 3.63) is 89.5 Å². The van der Waals surface area contributed by atoms with E-state index in [1.54, 1.807) is 72.8 Å². The third kappa shape index (κ3) is 3.53. The molecule has 0 radical (unpaired) electrons. The van der Waals surface area contributed by atoms with E-state index in [0.717, 1.165) is 5.56 Å². The van der Waals surface area contributed by atoms with Gasteiger partial charge in [0.15, 0.2) is 0 Å². The minimum Gasteiger partial charge on any atom is -0.322 e. The van der Waals surface area contributed by atoms with Crippen molar-refractivity contribution in [1.82, 2.24) is 0 Å². The topological polar surface area (TPSA) is 90.3 Å². The van der Waals surface area contributed by atoms with E-state index in [9.17, 15) is 13.2 Å². The van der Waals surface area contributed by atoms with E-state index in [4.69, 9.17) is 5.26 Å². The molecule has 1 unspecified atom stereocenters. The first-order valence-electron chi connectivity index (χ1n) is 9.44. The Morgan fingerprint density at radius 1 is 1.07 bits per heavy atom. The number of anilines is 2. The molecule has 1 heterocycles. The Morgan fingerprint density at radius 2 is 1.83 bits per heavy atom. The average Bonchev–Trinajstić information content (AvgIpc) is 3.10. The third-order valence-corrected chi connectivity index (χ3v) is 6.99. The Bertz CT molecular complexity index is 1260. The molecule has 0 spiro atoms. The quantitative estimate of drug-likeness (QED) is 0.696. The predicted molar refractivity (Wildman–Crippen MR) is 115 cm³/mol. The Hall–Kier alpha value is -3.63. The predicted octanol–water partition coefficient (Wildman–Crippen LogP) is 3.95. The van der Waals surface area contributed by atoms with Crippen LogP contribution in [0.25, 0.3) is 0 Å². The first-order chi connectivity index (χ1) is 14.4. The molecule has 0 aliphatic carbocycles. The Labute approximate surface area is 175 Å². The third-order valence-electron chi connectivity index (χ3n) is 5.04. The lowest BCUT2D eigenvalue weighted by Crippen LogP contribution is -2.35. The molecule has 6 nitrogen and oxygen atoms in total. The van der Waals surface area contributed by atoms with Crippen LogP contribution in [0.4, 0.5) is 11.4 Å². The summed E-state index contributed by atoms with van der Waals surface area (Å²) in [5.41, 5.74) is 2.82. The van der Waals surface area contributed by atoms with E-state index in [-0.39, 0.29) is 16.8 Å². The number of sulfonamides is 1. The van der Waals surface area contributed by atoms with Crippen LogP contribution in [0.1, 0.15) is 28.4 Å². The number of nitriles is 1. The van der Waals surface area contributed by atoms with Crippen molar-refractivity contribution < 1.29 is 13.2 Å². The largest absolute Gasteiger partial charge is 0.322 e. The smallest absolute Gasteiger partial charge is 0.264 e. The summed E-state index contributed by atoms with van der Waals surface area (Å²) in [5.74, 6) is -0.315. The standard InChI is InChI=1S/C23H19N3O3S/c1-16-12-19-14-18(23(27)25-20-7-5-6-17(13-20)15-24)10-11-22(19)26(16)30(28,29)21-8-3-2-4-9-21/h2-11,13-14,16H,12H2,1H3,(H,25,27). The number of fused-ring (bicyclic) bond motifs is 1. The molecular weight excluding hydrogens is 398 g/mol. The van der Waals surface area contributed by atoms with E-state index in [2.05, 4.69) is 5.32 Å². The van der Waals surface area contributed by atoms with Gasteiger partial charge in [0.2, 0.25) is 0 Å². The summed E-state index contributed by atoms with van der Waals surface area (Å²) in [7, 11) is -3.69. The fourth-order valence-corrected chi connectivity index (χ4v) is 5.40. The molecule has 0 aromatic heterocycles. The van der Waals surface area contributed by atoms with Crippen molar-refractivity contribution in [2.45, 2.75) is 24.3 Å². The second-order valence-corrected chi connectivity index (χ2v) is 8.97. The van der Waals surface area contributed by atoms with Crippen molar-refractivity contribution in [3.63, 3.8) is 0 Å². The minimum atomic E-state index is -3.69. The summed E-state index contributed by atoms with van der Waals surface area (Å²) < 4.78 is 27.7. The molecule has 3 aromatic rings. The van der Waals surface area contributed by atoms with Gasteiger partial charge in [0.05, 0.1) is 22.2 Å². The molecule has 1 aliphatic rings. The summed E-state index contributed by atoms with van der Waals surface area (Å²) in [5, 5.41) is 11.8. The molecule has 4 rings (SSSR count). The fourth-order valence-electron chi connectivity index (χ4n) is 3.69. The normalized spacial score (nSPS) is 15.3. The number of rotatable bonds is 4. The molecular formula is C23H19N3O3S. The van der Waals surface area contributed by atoms with Gasteiger partial charge in [-0.25, -0.2) is 8.42 Å². The number of carbonyl (C=O) groups excluding carboxylic acids is 1. The highest BCUT2D eigenvalue weighted by atomic mass is 32.2. The maximum atomic E-state index is 13.1. The molecule has 1 atom stereocenters. The molecule has 7 heteroatoms. The lowest BCUT2D eigenvalue weighted by atomic mass is 10.1. The number of hydrogen-bond acceptors (Lipinski definition) is 4.